The quantitative estimate of drug-likeness (QED) is 0.773. The molecule has 3 aromatic heterocycles. The van der Waals surface area contributed by atoms with Gasteiger partial charge in [-0.2, -0.15) is 0 Å². The molecule has 140 valence electrons. The number of carbonyl (C=O) groups is 1. The third kappa shape index (κ3) is 3.79. The van der Waals surface area contributed by atoms with Crippen molar-refractivity contribution in [3.63, 3.8) is 0 Å². The van der Waals surface area contributed by atoms with Crippen LogP contribution in [0.3, 0.4) is 0 Å². The van der Waals surface area contributed by atoms with E-state index in [9.17, 15) is 9.59 Å². The third-order valence-corrected chi connectivity index (χ3v) is 5.48. The molecule has 0 atom stereocenters. The Morgan fingerprint density at radius 3 is 2.81 bits per heavy atom. The van der Waals surface area contributed by atoms with Crippen molar-refractivity contribution in [2.45, 2.75) is 32.6 Å². The van der Waals surface area contributed by atoms with Gasteiger partial charge in [0, 0.05) is 37.7 Å². The molecule has 0 aromatic carbocycles. The zero-order valence-electron chi connectivity index (χ0n) is 15.5. The Labute approximate surface area is 157 Å². The monoisotopic (exact) mass is 364 g/mol. The number of rotatable bonds is 4. The molecule has 3 aromatic rings. The minimum Gasteiger partial charge on any atom is -0.342 e. The summed E-state index contributed by atoms with van der Waals surface area (Å²) >= 11 is 0. The van der Waals surface area contributed by atoms with Crippen molar-refractivity contribution in [1.82, 2.24) is 19.3 Å². The summed E-state index contributed by atoms with van der Waals surface area (Å²) in [6, 6.07) is 7.48. The maximum Gasteiger partial charge on any atom is 0.247 e. The number of amides is 1. The highest BCUT2D eigenvalue weighted by Crippen LogP contribution is 2.22. The molecule has 0 aliphatic carbocycles. The topological polar surface area (TPSA) is 70.5 Å². The number of aryl methyl sites for hydroxylation is 1. The molecule has 0 radical (unpaired) electrons. The van der Waals surface area contributed by atoms with Crippen LogP contribution < -0.4 is 5.56 Å². The molecule has 27 heavy (non-hydrogen) atoms. The maximum atomic E-state index is 12.7. The van der Waals surface area contributed by atoms with Crippen LogP contribution in [0.1, 0.15) is 29.7 Å². The first-order valence-corrected chi connectivity index (χ1v) is 9.47. The number of carbonyl (C=O) groups excluding carboxylic acids is 1. The SMILES string of the molecule is Cc1cccn2c(CC(=O)N3CCC(Cc4ccc(=O)[nH]c4)CC3)cnc12. The first-order chi connectivity index (χ1) is 13.1. The number of imidazole rings is 1. The maximum absolute atomic E-state index is 12.7. The van der Waals surface area contributed by atoms with E-state index in [4.69, 9.17) is 0 Å². The molecule has 0 spiro atoms. The standard InChI is InChI=1S/C21H24N4O2/c1-15-3-2-8-25-18(14-23-21(15)25)12-20(27)24-9-6-16(7-10-24)11-17-4-5-19(26)22-13-17/h2-5,8,13-14,16H,6-7,9-12H2,1H3,(H,22,26). The van der Waals surface area contributed by atoms with E-state index in [1.54, 1.807) is 12.3 Å². The second kappa shape index (κ2) is 7.39. The van der Waals surface area contributed by atoms with Gasteiger partial charge in [-0.3, -0.25) is 9.59 Å². The molecule has 0 saturated carbocycles. The fraction of sp³-hybridized carbons (Fsp3) is 0.381. The molecule has 1 N–H and O–H groups in total. The van der Waals surface area contributed by atoms with Crippen molar-refractivity contribution in [2.75, 3.05) is 13.1 Å². The van der Waals surface area contributed by atoms with E-state index in [0.29, 0.717) is 12.3 Å². The van der Waals surface area contributed by atoms with Crippen LogP contribution in [0.2, 0.25) is 0 Å². The van der Waals surface area contributed by atoms with Gasteiger partial charge in [-0.25, -0.2) is 4.98 Å². The second-order valence-corrected chi connectivity index (χ2v) is 7.40. The van der Waals surface area contributed by atoms with Gasteiger partial charge in [-0.15, -0.1) is 0 Å². The van der Waals surface area contributed by atoms with Crippen molar-refractivity contribution in [3.05, 3.63) is 70.0 Å². The molecular weight excluding hydrogens is 340 g/mol. The number of pyridine rings is 2. The predicted molar refractivity (Wildman–Crippen MR) is 104 cm³/mol. The van der Waals surface area contributed by atoms with E-state index >= 15 is 0 Å². The van der Waals surface area contributed by atoms with Gasteiger partial charge in [0.05, 0.1) is 12.1 Å². The molecule has 0 bridgehead atoms. The molecular formula is C21H24N4O2. The largest absolute Gasteiger partial charge is 0.342 e. The third-order valence-electron chi connectivity index (χ3n) is 5.48. The predicted octanol–water partition coefficient (Wildman–Crippen LogP) is 2.35. The zero-order valence-corrected chi connectivity index (χ0v) is 15.5. The van der Waals surface area contributed by atoms with Crippen LogP contribution in [0.4, 0.5) is 0 Å². The van der Waals surface area contributed by atoms with Crippen LogP contribution in [0, 0.1) is 12.8 Å². The van der Waals surface area contributed by atoms with Crippen molar-refractivity contribution >= 4 is 11.6 Å². The van der Waals surface area contributed by atoms with Crippen LogP contribution >= 0.6 is 0 Å². The van der Waals surface area contributed by atoms with E-state index in [-0.39, 0.29) is 11.5 Å². The van der Waals surface area contributed by atoms with Gasteiger partial charge in [0.25, 0.3) is 0 Å². The molecule has 1 aliphatic rings. The molecule has 0 unspecified atom stereocenters. The number of hydrogen-bond donors (Lipinski definition) is 1. The van der Waals surface area contributed by atoms with Crippen molar-refractivity contribution < 1.29 is 4.79 Å². The average molecular weight is 364 g/mol. The summed E-state index contributed by atoms with van der Waals surface area (Å²) in [7, 11) is 0. The number of nitrogens with one attached hydrogen (secondary N) is 1. The number of aromatic amines is 1. The highest BCUT2D eigenvalue weighted by atomic mass is 16.2. The van der Waals surface area contributed by atoms with Crippen molar-refractivity contribution in [1.29, 1.82) is 0 Å². The van der Waals surface area contributed by atoms with Gasteiger partial charge < -0.3 is 14.3 Å². The van der Waals surface area contributed by atoms with Crippen molar-refractivity contribution in [3.8, 4) is 0 Å². The number of hydrogen-bond acceptors (Lipinski definition) is 3. The van der Waals surface area contributed by atoms with Crippen LogP contribution in [-0.4, -0.2) is 38.3 Å². The van der Waals surface area contributed by atoms with E-state index < -0.39 is 0 Å². The number of H-pyrrole nitrogens is 1. The highest BCUT2D eigenvalue weighted by Gasteiger charge is 2.23. The Morgan fingerprint density at radius 1 is 1.26 bits per heavy atom. The summed E-state index contributed by atoms with van der Waals surface area (Å²) in [5.41, 5.74) is 4.05. The van der Waals surface area contributed by atoms with Crippen LogP contribution in [-0.2, 0) is 17.6 Å². The lowest BCUT2D eigenvalue weighted by atomic mass is 9.90. The Bertz CT molecular complexity index is 992. The lowest BCUT2D eigenvalue weighted by molar-refractivity contribution is -0.131. The smallest absolute Gasteiger partial charge is 0.247 e. The van der Waals surface area contributed by atoms with Gasteiger partial charge >= 0.3 is 0 Å². The van der Waals surface area contributed by atoms with Gasteiger partial charge in [-0.05, 0) is 49.3 Å². The Kier molecular flexibility index (Phi) is 4.79. The second-order valence-electron chi connectivity index (χ2n) is 7.40. The number of likely N-dealkylation sites (tertiary alicyclic amines) is 1. The summed E-state index contributed by atoms with van der Waals surface area (Å²) < 4.78 is 2.01. The minimum atomic E-state index is -0.0678. The average Bonchev–Trinajstić information content (AvgIpc) is 3.08. The molecule has 1 saturated heterocycles. The van der Waals surface area contributed by atoms with Crippen LogP contribution in [0.5, 0.6) is 0 Å². The molecule has 6 heteroatoms. The Hall–Kier alpha value is -2.89. The zero-order chi connectivity index (χ0) is 18.8. The first kappa shape index (κ1) is 17.5. The van der Waals surface area contributed by atoms with Crippen molar-refractivity contribution in [2.24, 2.45) is 5.92 Å². The van der Waals surface area contributed by atoms with E-state index in [1.807, 2.05) is 46.8 Å². The Morgan fingerprint density at radius 2 is 2.07 bits per heavy atom. The molecule has 4 heterocycles. The van der Waals surface area contributed by atoms with E-state index in [1.165, 1.54) is 0 Å². The number of nitrogens with zero attached hydrogens (tertiary/aromatic N) is 3. The van der Waals surface area contributed by atoms with E-state index in [2.05, 4.69) is 9.97 Å². The van der Waals surface area contributed by atoms with Gasteiger partial charge in [0.2, 0.25) is 11.5 Å². The summed E-state index contributed by atoms with van der Waals surface area (Å²) in [4.78, 5) is 33.0. The molecule has 1 aliphatic heterocycles. The molecule has 1 amide bonds. The summed E-state index contributed by atoms with van der Waals surface area (Å²) in [5, 5.41) is 0. The highest BCUT2D eigenvalue weighted by molar-refractivity contribution is 5.78. The first-order valence-electron chi connectivity index (χ1n) is 9.47. The van der Waals surface area contributed by atoms with Crippen LogP contribution in [0.25, 0.3) is 5.65 Å². The number of aromatic nitrogens is 3. The lowest BCUT2D eigenvalue weighted by Crippen LogP contribution is -2.39. The minimum absolute atomic E-state index is 0.0678. The number of piperidine rings is 1. The summed E-state index contributed by atoms with van der Waals surface area (Å²) in [5.74, 6) is 0.721. The fourth-order valence-electron chi connectivity index (χ4n) is 3.89. The lowest BCUT2D eigenvalue weighted by Gasteiger charge is -2.32. The van der Waals surface area contributed by atoms with E-state index in [0.717, 1.165) is 54.8 Å². The normalized spacial score (nSPS) is 15.4. The molecule has 6 nitrogen and oxygen atoms in total. The Balaban J connectivity index is 1.35. The van der Waals surface area contributed by atoms with Gasteiger partial charge in [0.1, 0.15) is 5.65 Å². The molecule has 4 rings (SSSR count). The molecule has 1 fully saturated rings. The van der Waals surface area contributed by atoms with Gasteiger partial charge in [0.15, 0.2) is 0 Å². The number of fused-ring (bicyclic) bond motifs is 1. The summed E-state index contributed by atoms with van der Waals surface area (Å²) in [6.45, 7) is 3.62. The van der Waals surface area contributed by atoms with Crippen LogP contribution in [0.15, 0.2) is 47.7 Å². The van der Waals surface area contributed by atoms with Gasteiger partial charge in [-0.1, -0.05) is 12.1 Å². The summed E-state index contributed by atoms with van der Waals surface area (Å²) in [6.07, 6.45) is 8.90. The fourth-order valence-corrected chi connectivity index (χ4v) is 3.89.